The van der Waals surface area contributed by atoms with Crippen molar-refractivity contribution < 1.29 is 4.79 Å². The molecule has 3 fully saturated rings. The first-order chi connectivity index (χ1) is 12.7. The molecule has 1 aliphatic carbocycles. The van der Waals surface area contributed by atoms with E-state index in [1.807, 2.05) is 18.2 Å². The van der Waals surface area contributed by atoms with Crippen molar-refractivity contribution in [2.75, 3.05) is 44.3 Å². The minimum absolute atomic E-state index is 0.0740. The van der Waals surface area contributed by atoms with Crippen molar-refractivity contribution in [3.8, 4) is 0 Å². The number of benzene rings is 1. The average Bonchev–Trinajstić information content (AvgIpc) is 3.46. The van der Waals surface area contributed by atoms with Gasteiger partial charge in [-0.1, -0.05) is 12.1 Å². The maximum atomic E-state index is 12.9. The quantitative estimate of drug-likeness (QED) is 0.788. The molecule has 0 bridgehead atoms. The van der Waals surface area contributed by atoms with Crippen molar-refractivity contribution in [3.63, 3.8) is 0 Å². The van der Waals surface area contributed by atoms with Gasteiger partial charge in [-0.05, 0) is 69.4 Å². The van der Waals surface area contributed by atoms with Crippen LogP contribution in [0.2, 0.25) is 0 Å². The number of thioether (sulfide) groups is 1. The summed E-state index contributed by atoms with van der Waals surface area (Å²) < 4.78 is 0. The SMILES string of the molecule is CSc1ccccc1NC(=O)N1CCCC2(CCCN(CC3CC3)C2)C1. The molecule has 2 aliphatic heterocycles. The number of piperidine rings is 2. The van der Waals surface area contributed by atoms with Gasteiger partial charge in [0.1, 0.15) is 0 Å². The van der Waals surface area contributed by atoms with Crippen LogP contribution in [0.4, 0.5) is 10.5 Å². The molecular weight excluding hydrogens is 342 g/mol. The second kappa shape index (κ2) is 7.81. The summed E-state index contributed by atoms with van der Waals surface area (Å²) in [7, 11) is 0. The predicted octanol–water partition coefficient (Wildman–Crippen LogP) is 4.53. The van der Waals surface area contributed by atoms with Crippen LogP contribution in [0.5, 0.6) is 0 Å². The molecule has 1 spiro atoms. The molecule has 142 valence electrons. The molecule has 1 aromatic carbocycles. The second-order valence-electron chi connectivity index (χ2n) is 8.44. The molecule has 3 aliphatic rings. The molecular formula is C21H31N3OS. The number of rotatable bonds is 4. The number of nitrogens with zero attached hydrogens (tertiary/aromatic N) is 2. The van der Waals surface area contributed by atoms with Gasteiger partial charge in [0.05, 0.1) is 5.69 Å². The van der Waals surface area contributed by atoms with E-state index in [1.54, 1.807) is 11.8 Å². The van der Waals surface area contributed by atoms with Crippen molar-refractivity contribution >= 4 is 23.5 Å². The third-order valence-corrected chi connectivity index (χ3v) is 7.05. The van der Waals surface area contributed by atoms with Gasteiger partial charge in [-0.3, -0.25) is 0 Å². The first-order valence-electron chi connectivity index (χ1n) is 10.1. The molecule has 1 unspecified atom stereocenters. The van der Waals surface area contributed by atoms with Crippen molar-refractivity contribution in [2.45, 2.75) is 43.4 Å². The van der Waals surface area contributed by atoms with E-state index >= 15 is 0 Å². The molecule has 1 N–H and O–H groups in total. The summed E-state index contributed by atoms with van der Waals surface area (Å²) in [5.74, 6) is 0.955. The Bertz CT molecular complexity index is 644. The molecule has 1 saturated carbocycles. The lowest BCUT2D eigenvalue weighted by atomic mass is 9.73. The maximum absolute atomic E-state index is 12.9. The predicted molar refractivity (Wildman–Crippen MR) is 109 cm³/mol. The minimum atomic E-state index is 0.0740. The largest absolute Gasteiger partial charge is 0.324 e. The second-order valence-corrected chi connectivity index (χ2v) is 9.29. The van der Waals surface area contributed by atoms with Gasteiger partial charge in [-0.2, -0.15) is 0 Å². The van der Waals surface area contributed by atoms with E-state index < -0.39 is 0 Å². The molecule has 2 amide bonds. The molecule has 0 radical (unpaired) electrons. The number of anilines is 1. The third-order valence-electron chi connectivity index (χ3n) is 6.25. The fraction of sp³-hybridized carbons (Fsp3) is 0.667. The number of carbonyl (C=O) groups is 1. The average molecular weight is 374 g/mol. The number of nitrogens with one attached hydrogen (secondary N) is 1. The van der Waals surface area contributed by atoms with Crippen molar-refractivity contribution in [2.24, 2.45) is 11.3 Å². The van der Waals surface area contributed by atoms with Crippen molar-refractivity contribution in [1.82, 2.24) is 9.80 Å². The molecule has 5 heteroatoms. The highest BCUT2D eigenvalue weighted by molar-refractivity contribution is 7.98. The van der Waals surface area contributed by atoms with Crippen LogP contribution in [0.15, 0.2) is 29.2 Å². The van der Waals surface area contributed by atoms with Crippen LogP contribution < -0.4 is 5.32 Å². The smallest absolute Gasteiger partial charge is 0.321 e. The third kappa shape index (κ3) is 4.20. The fourth-order valence-electron chi connectivity index (χ4n) is 4.79. The lowest BCUT2D eigenvalue weighted by Crippen LogP contribution is -2.54. The Balaban J connectivity index is 1.40. The summed E-state index contributed by atoms with van der Waals surface area (Å²) in [5.41, 5.74) is 1.26. The van der Waals surface area contributed by atoms with Crippen LogP contribution >= 0.6 is 11.8 Å². The number of hydrogen-bond donors (Lipinski definition) is 1. The first-order valence-corrected chi connectivity index (χ1v) is 11.3. The number of urea groups is 1. The van der Waals surface area contributed by atoms with Crippen LogP contribution in [0.25, 0.3) is 0 Å². The monoisotopic (exact) mass is 373 g/mol. The number of likely N-dealkylation sites (tertiary alicyclic amines) is 2. The van der Waals surface area contributed by atoms with Gasteiger partial charge in [0.25, 0.3) is 0 Å². The highest BCUT2D eigenvalue weighted by Crippen LogP contribution is 2.40. The van der Waals surface area contributed by atoms with E-state index in [9.17, 15) is 4.79 Å². The minimum Gasteiger partial charge on any atom is -0.324 e. The molecule has 4 nitrogen and oxygen atoms in total. The summed E-state index contributed by atoms with van der Waals surface area (Å²) in [4.78, 5) is 18.8. The van der Waals surface area contributed by atoms with E-state index in [1.165, 1.54) is 51.7 Å². The fourth-order valence-corrected chi connectivity index (χ4v) is 5.34. The maximum Gasteiger partial charge on any atom is 0.321 e. The lowest BCUT2D eigenvalue weighted by molar-refractivity contribution is 0.0270. The zero-order valence-corrected chi connectivity index (χ0v) is 16.7. The Kier molecular flexibility index (Phi) is 5.46. The zero-order valence-electron chi connectivity index (χ0n) is 15.9. The van der Waals surface area contributed by atoms with Crippen LogP contribution in [0.1, 0.15) is 38.5 Å². The zero-order chi connectivity index (χ0) is 18.0. The van der Waals surface area contributed by atoms with Crippen LogP contribution in [0, 0.1) is 11.3 Å². The van der Waals surface area contributed by atoms with Crippen molar-refractivity contribution in [3.05, 3.63) is 24.3 Å². The molecule has 2 saturated heterocycles. The summed E-state index contributed by atoms with van der Waals surface area (Å²) >= 11 is 1.68. The van der Waals surface area contributed by atoms with Gasteiger partial charge in [0, 0.05) is 36.5 Å². The first kappa shape index (κ1) is 18.2. The van der Waals surface area contributed by atoms with E-state index in [-0.39, 0.29) is 6.03 Å². The Hall–Kier alpha value is -1.20. The van der Waals surface area contributed by atoms with E-state index in [0.717, 1.165) is 36.0 Å². The lowest BCUT2D eigenvalue weighted by Gasteiger charge is -2.48. The van der Waals surface area contributed by atoms with Gasteiger partial charge in [-0.15, -0.1) is 11.8 Å². The Morgan fingerprint density at radius 2 is 1.96 bits per heavy atom. The summed E-state index contributed by atoms with van der Waals surface area (Å²) in [6.45, 7) is 5.54. The topological polar surface area (TPSA) is 35.6 Å². The Morgan fingerprint density at radius 1 is 1.19 bits per heavy atom. The number of amides is 2. The van der Waals surface area contributed by atoms with Crippen LogP contribution in [-0.2, 0) is 0 Å². The summed E-state index contributed by atoms with van der Waals surface area (Å²) in [6.07, 6.45) is 9.88. The van der Waals surface area contributed by atoms with E-state index in [0.29, 0.717) is 5.41 Å². The van der Waals surface area contributed by atoms with Crippen LogP contribution in [-0.4, -0.2) is 54.8 Å². The highest BCUT2D eigenvalue weighted by Gasteiger charge is 2.41. The number of para-hydroxylation sites is 1. The number of hydrogen-bond acceptors (Lipinski definition) is 3. The van der Waals surface area contributed by atoms with E-state index in [2.05, 4.69) is 27.4 Å². The normalized spacial score (nSPS) is 26.9. The van der Waals surface area contributed by atoms with Gasteiger partial charge in [0.15, 0.2) is 0 Å². The van der Waals surface area contributed by atoms with Crippen LogP contribution in [0.3, 0.4) is 0 Å². The van der Waals surface area contributed by atoms with Gasteiger partial charge in [0.2, 0.25) is 0 Å². The molecule has 4 rings (SSSR count). The summed E-state index contributed by atoms with van der Waals surface area (Å²) in [5, 5.41) is 3.16. The van der Waals surface area contributed by atoms with Crippen molar-refractivity contribution in [1.29, 1.82) is 0 Å². The van der Waals surface area contributed by atoms with Gasteiger partial charge < -0.3 is 15.1 Å². The molecule has 2 heterocycles. The van der Waals surface area contributed by atoms with Gasteiger partial charge in [-0.25, -0.2) is 4.79 Å². The number of carbonyl (C=O) groups excluding carboxylic acids is 1. The van der Waals surface area contributed by atoms with E-state index in [4.69, 9.17) is 0 Å². The molecule has 0 aromatic heterocycles. The van der Waals surface area contributed by atoms with Gasteiger partial charge >= 0.3 is 6.03 Å². The Morgan fingerprint density at radius 3 is 2.73 bits per heavy atom. The molecule has 1 atom stereocenters. The summed E-state index contributed by atoms with van der Waals surface area (Å²) in [6, 6.07) is 8.15. The highest BCUT2D eigenvalue weighted by atomic mass is 32.2. The Labute approximate surface area is 161 Å². The molecule has 26 heavy (non-hydrogen) atoms. The standard InChI is InChI=1S/C21H31N3OS/c1-26-19-7-3-2-6-18(19)22-20(25)24-13-5-11-21(16-24)10-4-12-23(15-21)14-17-8-9-17/h2-3,6-7,17H,4-5,8-16H2,1H3,(H,22,25). The molecule has 1 aromatic rings.